The summed E-state index contributed by atoms with van der Waals surface area (Å²) in [6, 6.07) is 0. The van der Waals surface area contributed by atoms with Gasteiger partial charge in [0.1, 0.15) is 5.78 Å². The van der Waals surface area contributed by atoms with Crippen molar-refractivity contribution in [3.8, 4) is 0 Å². The highest BCUT2D eigenvalue weighted by Gasteiger charge is 2.63. The first-order valence-corrected chi connectivity index (χ1v) is 7.77. The number of rotatable bonds is 3. The van der Waals surface area contributed by atoms with Crippen LogP contribution in [0.1, 0.15) is 47.5 Å². The van der Waals surface area contributed by atoms with Crippen LogP contribution < -0.4 is 0 Å². The maximum atomic E-state index is 12.2. The van der Waals surface area contributed by atoms with Crippen LogP contribution in [0.15, 0.2) is 0 Å². The molecular formula is C16H26O6. The lowest BCUT2D eigenvalue weighted by molar-refractivity contribution is -0.316. The fraction of sp³-hybridized carbons (Fsp3) is 0.875. The SMILES string of the molecule is COC(=O)C1OC(C)(C)O[C@]12O[C@H]([C@H](C)C(C)=O)CC[C@H]2C. The summed E-state index contributed by atoms with van der Waals surface area (Å²) >= 11 is 0. The molecule has 0 aromatic heterocycles. The van der Waals surface area contributed by atoms with Crippen LogP contribution in [0, 0.1) is 11.8 Å². The van der Waals surface area contributed by atoms with Gasteiger partial charge in [-0.3, -0.25) is 4.79 Å². The average molecular weight is 314 g/mol. The topological polar surface area (TPSA) is 71.1 Å². The van der Waals surface area contributed by atoms with Crippen LogP contribution in [-0.4, -0.2) is 42.6 Å². The normalized spacial score (nSPS) is 38.7. The Hall–Kier alpha value is -0.980. The van der Waals surface area contributed by atoms with Crippen molar-refractivity contribution in [2.45, 2.75) is 71.2 Å². The molecule has 0 aliphatic carbocycles. The second-order valence-corrected chi connectivity index (χ2v) is 6.78. The van der Waals surface area contributed by atoms with Crippen LogP contribution in [0.5, 0.6) is 0 Å². The van der Waals surface area contributed by atoms with Crippen molar-refractivity contribution in [1.82, 2.24) is 0 Å². The number of hydrogen-bond acceptors (Lipinski definition) is 6. The Morgan fingerprint density at radius 1 is 1.23 bits per heavy atom. The van der Waals surface area contributed by atoms with Gasteiger partial charge < -0.3 is 18.9 Å². The van der Waals surface area contributed by atoms with Gasteiger partial charge in [0.15, 0.2) is 5.79 Å². The van der Waals surface area contributed by atoms with Gasteiger partial charge >= 0.3 is 5.97 Å². The van der Waals surface area contributed by atoms with E-state index < -0.39 is 23.6 Å². The Balaban J connectivity index is 2.34. The summed E-state index contributed by atoms with van der Waals surface area (Å²) in [6.07, 6.45) is 0.291. The first-order chi connectivity index (χ1) is 10.1. The zero-order valence-electron chi connectivity index (χ0n) is 14.2. The predicted molar refractivity (Wildman–Crippen MR) is 77.9 cm³/mol. The van der Waals surface area contributed by atoms with Crippen LogP contribution >= 0.6 is 0 Å². The Labute approximate surface area is 131 Å². The number of methoxy groups -OCH3 is 1. The van der Waals surface area contributed by atoms with Gasteiger partial charge in [0.25, 0.3) is 0 Å². The van der Waals surface area contributed by atoms with Crippen molar-refractivity contribution >= 4 is 11.8 Å². The molecule has 0 radical (unpaired) electrons. The van der Waals surface area contributed by atoms with E-state index >= 15 is 0 Å². The van der Waals surface area contributed by atoms with E-state index in [1.165, 1.54) is 7.11 Å². The summed E-state index contributed by atoms with van der Waals surface area (Å²) in [5, 5.41) is 0. The van der Waals surface area contributed by atoms with E-state index in [-0.39, 0.29) is 23.7 Å². The van der Waals surface area contributed by atoms with Gasteiger partial charge in [-0.05, 0) is 33.6 Å². The number of esters is 1. The molecule has 2 fully saturated rings. The van der Waals surface area contributed by atoms with E-state index in [1.54, 1.807) is 20.8 Å². The molecule has 0 bridgehead atoms. The van der Waals surface area contributed by atoms with Crippen molar-refractivity contribution < 1.29 is 28.5 Å². The third-order valence-corrected chi connectivity index (χ3v) is 4.69. The molecule has 6 heteroatoms. The van der Waals surface area contributed by atoms with Gasteiger partial charge in [0, 0.05) is 11.8 Å². The fourth-order valence-electron chi connectivity index (χ4n) is 3.23. The Morgan fingerprint density at radius 2 is 1.86 bits per heavy atom. The second-order valence-electron chi connectivity index (χ2n) is 6.78. The molecule has 0 amide bonds. The largest absolute Gasteiger partial charge is 0.467 e. The summed E-state index contributed by atoms with van der Waals surface area (Å²) in [7, 11) is 1.31. The Morgan fingerprint density at radius 3 is 2.41 bits per heavy atom. The predicted octanol–water partition coefficient (Wildman–Crippen LogP) is 2.05. The van der Waals surface area contributed by atoms with E-state index in [1.807, 2.05) is 13.8 Å². The van der Waals surface area contributed by atoms with Crippen LogP contribution in [0.4, 0.5) is 0 Å². The molecule has 0 N–H and O–H groups in total. The van der Waals surface area contributed by atoms with Crippen molar-refractivity contribution in [2.75, 3.05) is 7.11 Å². The summed E-state index contributed by atoms with van der Waals surface area (Å²) in [6.45, 7) is 8.84. The molecule has 2 aliphatic rings. The lowest BCUT2D eigenvalue weighted by atomic mass is 9.83. The number of ether oxygens (including phenoxy) is 4. The van der Waals surface area contributed by atoms with Crippen LogP contribution in [0.2, 0.25) is 0 Å². The van der Waals surface area contributed by atoms with Gasteiger partial charge in [0.05, 0.1) is 13.2 Å². The Kier molecular flexibility index (Phi) is 4.66. The molecule has 0 saturated carbocycles. The van der Waals surface area contributed by atoms with Gasteiger partial charge in [-0.2, -0.15) is 0 Å². The van der Waals surface area contributed by atoms with Crippen molar-refractivity contribution in [3.05, 3.63) is 0 Å². The molecule has 2 heterocycles. The highest BCUT2D eigenvalue weighted by molar-refractivity contribution is 5.78. The van der Waals surface area contributed by atoms with Gasteiger partial charge in [-0.25, -0.2) is 4.79 Å². The van der Waals surface area contributed by atoms with Crippen LogP contribution in [0.25, 0.3) is 0 Å². The monoisotopic (exact) mass is 314 g/mol. The van der Waals surface area contributed by atoms with E-state index in [4.69, 9.17) is 18.9 Å². The molecule has 1 spiro atoms. The molecule has 6 nitrogen and oxygen atoms in total. The summed E-state index contributed by atoms with van der Waals surface area (Å²) in [4.78, 5) is 23.8. The van der Waals surface area contributed by atoms with E-state index in [0.717, 1.165) is 12.8 Å². The molecule has 5 atom stereocenters. The zero-order valence-corrected chi connectivity index (χ0v) is 14.2. The quantitative estimate of drug-likeness (QED) is 0.743. The molecule has 126 valence electrons. The molecular weight excluding hydrogens is 288 g/mol. The molecule has 2 aliphatic heterocycles. The van der Waals surface area contributed by atoms with Crippen molar-refractivity contribution in [2.24, 2.45) is 11.8 Å². The lowest BCUT2D eigenvalue weighted by Gasteiger charge is -2.45. The minimum atomic E-state index is -1.21. The third-order valence-electron chi connectivity index (χ3n) is 4.69. The van der Waals surface area contributed by atoms with Crippen molar-refractivity contribution in [1.29, 1.82) is 0 Å². The number of carbonyl (C=O) groups is 2. The van der Waals surface area contributed by atoms with Crippen LogP contribution in [0.3, 0.4) is 0 Å². The number of carbonyl (C=O) groups excluding carboxylic acids is 2. The molecule has 2 rings (SSSR count). The van der Waals surface area contributed by atoms with Crippen LogP contribution in [-0.2, 0) is 28.5 Å². The van der Waals surface area contributed by atoms with Gasteiger partial charge in [-0.15, -0.1) is 0 Å². The number of ketones is 1. The third kappa shape index (κ3) is 2.92. The average Bonchev–Trinajstić information content (AvgIpc) is 2.72. The van der Waals surface area contributed by atoms with E-state index in [2.05, 4.69) is 0 Å². The second kappa shape index (κ2) is 5.91. The number of Topliss-reactive ketones (excluding diaryl/α,β-unsaturated/α-hetero) is 1. The van der Waals surface area contributed by atoms with Gasteiger partial charge in [0.2, 0.25) is 11.9 Å². The van der Waals surface area contributed by atoms with Gasteiger partial charge in [-0.1, -0.05) is 13.8 Å². The molecule has 1 unspecified atom stereocenters. The smallest absolute Gasteiger partial charge is 0.340 e. The summed E-state index contributed by atoms with van der Waals surface area (Å²) < 4.78 is 22.8. The minimum absolute atomic E-state index is 0.0474. The summed E-state index contributed by atoms with van der Waals surface area (Å²) in [5.74, 6) is -2.92. The van der Waals surface area contributed by atoms with E-state index in [0.29, 0.717) is 0 Å². The van der Waals surface area contributed by atoms with E-state index in [9.17, 15) is 9.59 Å². The molecule has 2 saturated heterocycles. The Bertz CT molecular complexity index is 460. The van der Waals surface area contributed by atoms with Crippen molar-refractivity contribution in [3.63, 3.8) is 0 Å². The maximum absolute atomic E-state index is 12.2. The zero-order chi connectivity index (χ0) is 16.7. The maximum Gasteiger partial charge on any atom is 0.340 e. The highest BCUT2D eigenvalue weighted by atomic mass is 16.8. The lowest BCUT2D eigenvalue weighted by Crippen LogP contribution is -2.57. The standard InChI is InChI=1S/C16H26O6/c1-9-7-8-12(10(2)11(3)17)20-16(9)13(14(18)19-6)21-15(4,5)22-16/h9-10,12-13H,7-8H2,1-6H3/t9-,10-,12+,13?,16+/m1/s1. The molecule has 0 aromatic rings. The minimum Gasteiger partial charge on any atom is -0.467 e. The fourth-order valence-corrected chi connectivity index (χ4v) is 3.23. The number of hydrogen-bond donors (Lipinski definition) is 0. The first kappa shape index (κ1) is 17.4. The molecule has 22 heavy (non-hydrogen) atoms. The first-order valence-electron chi connectivity index (χ1n) is 7.77. The summed E-state index contributed by atoms with van der Waals surface area (Å²) in [5.41, 5.74) is 0. The highest BCUT2D eigenvalue weighted by Crippen LogP contribution is 2.48. The molecule has 0 aromatic carbocycles.